The second kappa shape index (κ2) is 8.12. The number of pyridine rings is 1. The fourth-order valence-corrected chi connectivity index (χ4v) is 4.59. The summed E-state index contributed by atoms with van der Waals surface area (Å²) in [5.74, 6) is -0.390. The number of carbonyl (C=O) groups excluding carboxylic acids is 2. The van der Waals surface area contributed by atoms with Crippen LogP contribution in [0.15, 0.2) is 48.5 Å². The molecule has 3 aromatic rings. The van der Waals surface area contributed by atoms with Crippen molar-refractivity contribution in [2.75, 3.05) is 31.6 Å². The molecule has 0 bridgehead atoms. The number of anilines is 1. The third-order valence-corrected chi connectivity index (χ3v) is 6.18. The number of likely N-dealkylation sites (N-methyl/N-ethyl adjacent to an activating group) is 1. The van der Waals surface area contributed by atoms with Crippen LogP contribution in [0.3, 0.4) is 0 Å². The van der Waals surface area contributed by atoms with Gasteiger partial charge < -0.3 is 14.5 Å². The monoisotopic (exact) mass is 415 g/mol. The van der Waals surface area contributed by atoms with Gasteiger partial charge in [-0.05, 0) is 31.2 Å². The van der Waals surface area contributed by atoms with Gasteiger partial charge in [0.05, 0.1) is 17.5 Å². The molecule has 5 rings (SSSR count). The number of hydrogen-bond donors (Lipinski definition) is 0. The van der Waals surface area contributed by atoms with Crippen molar-refractivity contribution in [1.82, 2.24) is 9.88 Å². The molecule has 2 aliphatic heterocycles. The Morgan fingerprint density at radius 3 is 2.74 bits per heavy atom. The number of hydrogen-bond acceptors (Lipinski definition) is 5. The van der Waals surface area contributed by atoms with Crippen LogP contribution >= 0.6 is 0 Å². The summed E-state index contributed by atoms with van der Waals surface area (Å²) in [4.78, 5) is 34.6. The number of amides is 1. The highest BCUT2D eigenvalue weighted by molar-refractivity contribution is 6.05. The van der Waals surface area contributed by atoms with E-state index in [-0.39, 0.29) is 24.9 Å². The molecule has 2 aromatic carbocycles. The molecule has 0 spiro atoms. The topological polar surface area (TPSA) is 62.7 Å². The molecule has 0 saturated carbocycles. The fourth-order valence-electron chi connectivity index (χ4n) is 4.59. The number of benzene rings is 2. The molecule has 0 fully saturated rings. The second-order valence-electron chi connectivity index (χ2n) is 8.23. The second-order valence-corrected chi connectivity index (χ2v) is 8.23. The summed E-state index contributed by atoms with van der Waals surface area (Å²) in [5.41, 5.74) is 5.46. The van der Waals surface area contributed by atoms with Gasteiger partial charge >= 0.3 is 5.97 Å². The number of ether oxygens (including phenoxy) is 1. The fraction of sp³-hybridized carbons (Fsp3) is 0.320. The molecule has 0 radical (unpaired) electrons. The lowest BCUT2D eigenvalue weighted by atomic mass is 9.96. The Hall–Kier alpha value is -3.25. The van der Waals surface area contributed by atoms with Gasteiger partial charge in [-0.15, -0.1) is 0 Å². The molecular formula is C25H25N3O3. The number of nitrogens with zero attached hydrogens (tertiary/aromatic N) is 3. The normalized spacial score (nSPS) is 15.6. The molecule has 3 heterocycles. The zero-order valence-corrected chi connectivity index (χ0v) is 17.6. The lowest BCUT2D eigenvalue weighted by Crippen LogP contribution is -2.31. The van der Waals surface area contributed by atoms with E-state index in [0.717, 1.165) is 47.2 Å². The number of para-hydroxylation sites is 2. The average Bonchev–Trinajstić information content (AvgIpc) is 3.21. The van der Waals surface area contributed by atoms with E-state index in [1.165, 1.54) is 5.56 Å². The summed E-state index contributed by atoms with van der Waals surface area (Å²) in [5, 5.41) is 0.807. The van der Waals surface area contributed by atoms with Gasteiger partial charge in [-0.2, -0.15) is 0 Å². The Bertz CT molecular complexity index is 1170. The van der Waals surface area contributed by atoms with E-state index < -0.39 is 0 Å². The van der Waals surface area contributed by atoms with Gasteiger partial charge in [-0.1, -0.05) is 36.4 Å². The van der Waals surface area contributed by atoms with Crippen molar-refractivity contribution in [2.45, 2.75) is 25.8 Å². The molecule has 6 nitrogen and oxygen atoms in total. The molecule has 1 amide bonds. The standard InChI is InChI=1S/C25H25N3O3/c1-27-13-11-21-19(16-27)24(18-7-3-4-8-20(18)26-21)25(30)31-15-12-23(29)28-14-10-17-6-2-5-9-22(17)28/h2-9H,10-16H2,1H3. The van der Waals surface area contributed by atoms with E-state index >= 15 is 0 Å². The van der Waals surface area contributed by atoms with Crippen molar-refractivity contribution >= 4 is 28.5 Å². The van der Waals surface area contributed by atoms with E-state index in [2.05, 4.69) is 11.0 Å². The minimum Gasteiger partial charge on any atom is -0.462 e. The van der Waals surface area contributed by atoms with Crippen LogP contribution in [0.4, 0.5) is 5.69 Å². The molecule has 0 unspecified atom stereocenters. The number of carbonyl (C=O) groups is 2. The maximum Gasteiger partial charge on any atom is 0.339 e. The van der Waals surface area contributed by atoms with Crippen LogP contribution < -0.4 is 4.90 Å². The predicted octanol–water partition coefficient (Wildman–Crippen LogP) is 3.36. The van der Waals surface area contributed by atoms with Gasteiger partial charge in [0.15, 0.2) is 0 Å². The zero-order valence-electron chi connectivity index (χ0n) is 17.6. The average molecular weight is 415 g/mol. The van der Waals surface area contributed by atoms with Crippen molar-refractivity contribution in [3.05, 3.63) is 70.9 Å². The van der Waals surface area contributed by atoms with E-state index in [4.69, 9.17) is 9.72 Å². The molecule has 2 aliphatic rings. The third kappa shape index (κ3) is 3.68. The first-order valence-electron chi connectivity index (χ1n) is 10.8. The maximum absolute atomic E-state index is 13.1. The van der Waals surface area contributed by atoms with Crippen LogP contribution in [0.1, 0.15) is 33.6 Å². The van der Waals surface area contributed by atoms with Gasteiger partial charge in [-0.3, -0.25) is 9.78 Å². The summed E-state index contributed by atoms with van der Waals surface area (Å²) in [6, 6.07) is 15.6. The first-order chi connectivity index (χ1) is 15.1. The highest BCUT2D eigenvalue weighted by atomic mass is 16.5. The minimum atomic E-state index is -0.375. The van der Waals surface area contributed by atoms with E-state index in [1.54, 1.807) is 4.90 Å². The van der Waals surface area contributed by atoms with E-state index in [0.29, 0.717) is 18.7 Å². The maximum atomic E-state index is 13.1. The Morgan fingerprint density at radius 2 is 1.84 bits per heavy atom. The van der Waals surface area contributed by atoms with Crippen molar-refractivity contribution in [3.8, 4) is 0 Å². The highest BCUT2D eigenvalue weighted by Gasteiger charge is 2.27. The smallest absolute Gasteiger partial charge is 0.339 e. The zero-order chi connectivity index (χ0) is 21.4. The van der Waals surface area contributed by atoms with Crippen LogP contribution in [-0.4, -0.2) is 48.5 Å². The number of fused-ring (bicyclic) bond motifs is 3. The summed E-state index contributed by atoms with van der Waals surface area (Å²) >= 11 is 0. The molecular weight excluding hydrogens is 390 g/mol. The van der Waals surface area contributed by atoms with Crippen LogP contribution in [0, 0.1) is 0 Å². The molecule has 0 N–H and O–H groups in total. The Kier molecular flexibility index (Phi) is 5.16. The number of rotatable bonds is 4. The number of esters is 1. The highest BCUT2D eigenvalue weighted by Crippen LogP contribution is 2.29. The van der Waals surface area contributed by atoms with Gasteiger partial charge in [0.25, 0.3) is 0 Å². The van der Waals surface area contributed by atoms with Crippen molar-refractivity contribution in [2.24, 2.45) is 0 Å². The SMILES string of the molecule is CN1CCc2nc3ccccc3c(C(=O)OCCC(=O)N3CCc4ccccc43)c2C1. The largest absolute Gasteiger partial charge is 0.462 e. The van der Waals surface area contributed by atoms with E-state index in [9.17, 15) is 9.59 Å². The first-order valence-corrected chi connectivity index (χ1v) is 10.8. The molecule has 1 aromatic heterocycles. The molecule has 0 saturated heterocycles. The predicted molar refractivity (Wildman–Crippen MR) is 119 cm³/mol. The minimum absolute atomic E-state index is 0.0147. The lowest BCUT2D eigenvalue weighted by molar-refractivity contribution is -0.119. The van der Waals surface area contributed by atoms with Crippen LogP contribution in [0.25, 0.3) is 10.9 Å². The van der Waals surface area contributed by atoms with Gasteiger partial charge in [0.1, 0.15) is 6.61 Å². The molecule has 0 atom stereocenters. The lowest BCUT2D eigenvalue weighted by Gasteiger charge is -2.26. The van der Waals surface area contributed by atoms with E-state index in [1.807, 2.05) is 49.5 Å². The van der Waals surface area contributed by atoms with Gasteiger partial charge in [-0.25, -0.2) is 4.79 Å². The summed E-state index contributed by atoms with van der Waals surface area (Å²) in [6.07, 6.45) is 1.85. The molecule has 6 heteroatoms. The molecule has 158 valence electrons. The Labute approximate surface area is 181 Å². The van der Waals surface area contributed by atoms with Crippen molar-refractivity contribution in [3.63, 3.8) is 0 Å². The molecule has 0 aliphatic carbocycles. The van der Waals surface area contributed by atoms with Crippen molar-refractivity contribution < 1.29 is 14.3 Å². The van der Waals surface area contributed by atoms with Crippen molar-refractivity contribution in [1.29, 1.82) is 0 Å². The first kappa shape index (κ1) is 19.7. The van der Waals surface area contributed by atoms with Crippen LogP contribution in [0.5, 0.6) is 0 Å². The number of aromatic nitrogens is 1. The summed E-state index contributed by atoms with van der Waals surface area (Å²) in [7, 11) is 2.04. The Balaban J connectivity index is 1.33. The summed E-state index contributed by atoms with van der Waals surface area (Å²) < 4.78 is 5.62. The Morgan fingerprint density at radius 1 is 1.03 bits per heavy atom. The summed E-state index contributed by atoms with van der Waals surface area (Å²) in [6.45, 7) is 2.33. The quantitative estimate of drug-likeness (QED) is 0.612. The van der Waals surface area contributed by atoms with Gasteiger partial charge in [0, 0.05) is 48.4 Å². The van der Waals surface area contributed by atoms with Crippen LogP contribution in [-0.2, 0) is 28.9 Å². The van der Waals surface area contributed by atoms with Gasteiger partial charge in [0.2, 0.25) is 5.91 Å². The molecule has 31 heavy (non-hydrogen) atoms. The third-order valence-electron chi connectivity index (χ3n) is 6.18. The van der Waals surface area contributed by atoms with Crippen LogP contribution in [0.2, 0.25) is 0 Å².